The molecule has 1 amide bonds. The highest BCUT2D eigenvalue weighted by Crippen LogP contribution is 2.24. The molecule has 10 heteroatoms. The van der Waals surface area contributed by atoms with Crippen molar-refractivity contribution in [2.45, 2.75) is 19.1 Å². The fourth-order valence-corrected chi connectivity index (χ4v) is 2.80. The summed E-state index contributed by atoms with van der Waals surface area (Å²) in [6, 6.07) is 5.20. The molecule has 1 aliphatic rings. The van der Waals surface area contributed by atoms with Gasteiger partial charge in [0.15, 0.2) is 5.01 Å². The molecule has 2 aromatic heterocycles. The molecular formula is C13H17Cl2N5O2S. The van der Waals surface area contributed by atoms with Gasteiger partial charge in [0.05, 0.1) is 12.7 Å². The van der Waals surface area contributed by atoms with Crippen LogP contribution in [0.2, 0.25) is 0 Å². The Morgan fingerprint density at radius 1 is 1.39 bits per heavy atom. The van der Waals surface area contributed by atoms with Crippen molar-refractivity contribution >= 4 is 47.2 Å². The van der Waals surface area contributed by atoms with E-state index in [1.807, 2.05) is 25.1 Å². The minimum absolute atomic E-state index is 0. The van der Waals surface area contributed by atoms with Crippen LogP contribution >= 0.6 is 36.2 Å². The lowest BCUT2D eigenvalue weighted by Crippen LogP contribution is -2.53. The highest BCUT2D eigenvalue weighted by molar-refractivity contribution is 7.18. The Kier molecular flexibility index (Phi) is 7.80. The fourth-order valence-electron chi connectivity index (χ4n) is 2.08. The molecule has 23 heavy (non-hydrogen) atoms. The summed E-state index contributed by atoms with van der Waals surface area (Å²) in [7, 11) is 0. The van der Waals surface area contributed by atoms with Gasteiger partial charge in [-0.05, 0) is 19.1 Å². The van der Waals surface area contributed by atoms with Crippen molar-refractivity contribution in [3.05, 3.63) is 24.4 Å². The first-order valence-corrected chi connectivity index (χ1v) is 7.46. The summed E-state index contributed by atoms with van der Waals surface area (Å²) in [5, 5.41) is 15.1. The molecule has 1 saturated heterocycles. The highest BCUT2D eigenvalue weighted by atomic mass is 35.5. The Morgan fingerprint density at radius 2 is 2.22 bits per heavy atom. The minimum atomic E-state index is -0.374. The van der Waals surface area contributed by atoms with Gasteiger partial charge in [-0.1, -0.05) is 17.4 Å². The molecular weight excluding hydrogens is 361 g/mol. The van der Waals surface area contributed by atoms with Crippen LogP contribution in [0.4, 0.5) is 5.13 Å². The second kappa shape index (κ2) is 9.09. The van der Waals surface area contributed by atoms with Gasteiger partial charge in [0.2, 0.25) is 11.0 Å². The number of hydrogen-bond acceptors (Lipinski definition) is 7. The predicted octanol–water partition coefficient (Wildman–Crippen LogP) is 1.76. The summed E-state index contributed by atoms with van der Waals surface area (Å²) in [6.07, 6.45) is 1.53. The average Bonchev–Trinajstić information content (AvgIpc) is 2.97. The number of halogens is 2. The molecule has 0 aliphatic carbocycles. The Morgan fingerprint density at radius 3 is 2.91 bits per heavy atom. The molecule has 0 aromatic carbocycles. The van der Waals surface area contributed by atoms with Crippen molar-refractivity contribution in [3.63, 3.8) is 0 Å². The van der Waals surface area contributed by atoms with Crippen LogP contribution in [0.15, 0.2) is 24.4 Å². The molecule has 126 valence electrons. The second-order valence-corrected chi connectivity index (χ2v) is 5.60. The largest absolute Gasteiger partial charge is 0.375 e. The molecule has 0 bridgehead atoms. The SMILES string of the molecule is C[C@H]1OCCN[C@@H]1C(=O)Nc1nnc(-c2ccccn2)s1.Cl.Cl. The normalized spacial score (nSPS) is 20.0. The average molecular weight is 378 g/mol. The minimum Gasteiger partial charge on any atom is -0.375 e. The molecule has 3 rings (SSSR count). The van der Waals surface area contributed by atoms with Gasteiger partial charge in [-0.3, -0.25) is 15.1 Å². The van der Waals surface area contributed by atoms with Crippen LogP contribution in [-0.4, -0.2) is 46.4 Å². The maximum absolute atomic E-state index is 12.2. The molecule has 2 aromatic rings. The molecule has 2 atom stereocenters. The Balaban J connectivity index is 0.00000132. The monoisotopic (exact) mass is 377 g/mol. The van der Waals surface area contributed by atoms with Crippen LogP contribution in [0.5, 0.6) is 0 Å². The lowest BCUT2D eigenvalue weighted by atomic mass is 10.1. The van der Waals surface area contributed by atoms with Crippen LogP contribution in [-0.2, 0) is 9.53 Å². The zero-order valence-electron chi connectivity index (χ0n) is 12.3. The second-order valence-electron chi connectivity index (χ2n) is 4.62. The zero-order valence-corrected chi connectivity index (χ0v) is 14.7. The number of hydrogen-bond donors (Lipinski definition) is 2. The van der Waals surface area contributed by atoms with Crippen molar-refractivity contribution in [2.24, 2.45) is 0 Å². The van der Waals surface area contributed by atoms with Gasteiger partial charge < -0.3 is 10.1 Å². The molecule has 0 saturated carbocycles. The van der Waals surface area contributed by atoms with Crippen LogP contribution in [0.1, 0.15) is 6.92 Å². The topological polar surface area (TPSA) is 89.0 Å². The van der Waals surface area contributed by atoms with E-state index in [-0.39, 0.29) is 42.9 Å². The summed E-state index contributed by atoms with van der Waals surface area (Å²) in [6.45, 7) is 3.15. The van der Waals surface area contributed by atoms with Crippen molar-refractivity contribution in [1.29, 1.82) is 0 Å². The van der Waals surface area contributed by atoms with E-state index in [0.29, 0.717) is 23.3 Å². The third kappa shape index (κ3) is 4.82. The molecule has 1 fully saturated rings. The summed E-state index contributed by atoms with van der Waals surface area (Å²) < 4.78 is 5.46. The number of nitrogens with one attached hydrogen (secondary N) is 2. The summed E-state index contributed by atoms with van der Waals surface area (Å²) in [5.74, 6) is -0.161. The van der Waals surface area contributed by atoms with E-state index in [9.17, 15) is 4.79 Å². The summed E-state index contributed by atoms with van der Waals surface area (Å²) >= 11 is 1.29. The van der Waals surface area contributed by atoms with Crippen LogP contribution in [0.3, 0.4) is 0 Å². The third-order valence-corrected chi connectivity index (χ3v) is 4.00. The van der Waals surface area contributed by atoms with Crippen molar-refractivity contribution in [2.75, 3.05) is 18.5 Å². The molecule has 0 unspecified atom stereocenters. The van der Waals surface area contributed by atoms with Crippen molar-refractivity contribution in [3.8, 4) is 10.7 Å². The highest BCUT2D eigenvalue weighted by Gasteiger charge is 2.28. The number of carbonyl (C=O) groups excluding carboxylic acids is 1. The molecule has 2 N–H and O–H groups in total. The first-order chi connectivity index (χ1) is 10.2. The van der Waals surface area contributed by atoms with Crippen molar-refractivity contribution < 1.29 is 9.53 Å². The Hall–Kier alpha value is -1.32. The van der Waals surface area contributed by atoms with Gasteiger partial charge in [0, 0.05) is 12.7 Å². The van der Waals surface area contributed by atoms with Crippen LogP contribution < -0.4 is 10.6 Å². The number of carbonyl (C=O) groups is 1. The first-order valence-electron chi connectivity index (χ1n) is 6.65. The third-order valence-electron chi connectivity index (χ3n) is 3.14. The van der Waals surface area contributed by atoms with Crippen LogP contribution in [0.25, 0.3) is 10.7 Å². The summed E-state index contributed by atoms with van der Waals surface area (Å²) in [4.78, 5) is 16.4. The number of rotatable bonds is 3. The van der Waals surface area contributed by atoms with E-state index in [4.69, 9.17) is 4.74 Å². The standard InChI is InChI=1S/C13H15N5O2S.2ClH/c1-8-10(15-6-7-20-8)11(19)16-13-18-17-12(21-13)9-4-2-3-5-14-9;;/h2-5,8,10,15H,6-7H2,1H3,(H,16,18,19);2*1H/t8-,10+;;/m1../s1. The number of morpholine rings is 1. The van der Waals surface area contributed by atoms with E-state index in [1.165, 1.54) is 11.3 Å². The van der Waals surface area contributed by atoms with Crippen LogP contribution in [0, 0.1) is 0 Å². The van der Waals surface area contributed by atoms with E-state index in [1.54, 1.807) is 6.20 Å². The van der Waals surface area contributed by atoms with Gasteiger partial charge >= 0.3 is 0 Å². The number of aromatic nitrogens is 3. The Labute approximate surface area is 150 Å². The first kappa shape index (κ1) is 19.7. The molecule has 1 aliphatic heterocycles. The fraction of sp³-hybridized carbons (Fsp3) is 0.385. The van der Waals surface area contributed by atoms with Gasteiger partial charge in [0.25, 0.3) is 0 Å². The predicted molar refractivity (Wildman–Crippen MR) is 93.5 cm³/mol. The Bertz CT molecular complexity index is 628. The maximum Gasteiger partial charge on any atom is 0.246 e. The van der Waals surface area contributed by atoms with E-state index < -0.39 is 0 Å². The van der Waals surface area contributed by atoms with Gasteiger partial charge in [-0.15, -0.1) is 35.0 Å². The van der Waals surface area contributed by atoms with Gasteiger partial charge in [-0.2, -0.15) is 0 Å². The number of amides is 1. The maximum atomic E-state index is 12.2. The zero-order chi connectivity index (χ0) is 14.7. The van der Waals surface area contributed by atoms with E-state index in [0.717, 1.165) is 5.69 Å². The number of nitrogens with zero attached hydrogens (tertiary/aromatic N) is 3. The lowest BCUT2D eigenvalue weighted by Gasteiger charge is -2.28. The van der Waals surface area contributed by atoms with Gasteiger partial charge in [-0.25, -0.2) is 0 Å². The molecule has 7 nitrogen and oxygen atoms in total. The van der Waals surface area contributed by atoms with Gasteiger partial charge in [0.1, 0.15) is 11.7 Å². The lowest BCUT2D eigenvalue weighted by molar-refractivity contribution is -0.123. The molecule has 0 spiro atoms. The van der Waals surface area contributed by atoms with E-state index in [2.05, 4.69) is 25.8 Å². The molecule has 3 heterocycles. The number of anilines is 1. The number of pyridine rings is 1. The quantitative estimate of drug-likeness (QED) is 0.846. The van der Waals surface area contributed by atoms with Crippen molar-refractivity contribution in [1.82, 2.24) is 20.5 Å². The smallest absolute Gasteiger partial charge is 0.246 e. The molecule has 0 radical (unpaired) electrons. The number of ether oxygens (including phenoxy) is 1. The van der Waals surface area contributed by atoms with E-state index >= 15 is 0 Å². The summed E-state index contributed by atoms with van der Waals surface area (Å²) in [5.41, 5.74) is 0.739.